The topological polar surface area (TPSA) is 78.9 Å². The van der Waals surface area contributed by atoms with Gasteiger partial charge in [-0.3, -0.25) is 15.0 Å². The number of hydrazine groups is 1. The van der Waals surface area contributed by atoms with Crippen LogP contribution in [0.3, 0.4) is 0 Å². The van der Waals surface area contributed by atoms with Crippen molar-refractivity contribution in [1.29, 1.82) is 0 Å². The van der Waals surface area contributed by atoms with Crippen LogP contribution in [0.4, 0.5) is 5.69 Å². The summed E-state index contributed by atoms with van der Waals surface area (Å²) in [6.07, 6.45) is 3.36. The Labute approximate surface area is 203 Å². The van der Waals surface area contributed by atoms with Gasteiger partial charge in [0.2, 0.25) is 0 Å². The molecule has 2 N–H and O–H groups in total. The van der Waals surface area contributed by atoms with Gasteiger partial charge >= 0.3 is 0 Å². The first-order chi connectivity index (χ1) is 16.6. The molecule has 6 nitrogen and oxygen atoms in total. The molecule has 174 valence electrons. The third kappa shape index (κ3) is 5.43. The molecule has 0 atom stereocenters. The summed E-state index contributed by atoms with van der Waals surface area (Å²) in [4.78, 5) is 26.6. The molecule has 1 saturated heterocycles. The van der Waals surface area contributed by atoms with Crippen molar-refractivity contribution in [2.45, 2.75) is 30.4 Å². The van der Waals surface area contributed by atoms with Crippen LogP contribution in [0, 0.1) is 0 Å². The van der Waals surface area contributed by atoms with Crippen LogP contribution in [0.25, 0.3) is 6.08 Å². The summed E-state index contributed by atoms with van der Waals surface area (Å²) in [6, 6.07) is 22.3. The second-order valence-electron chi connectivity index (χ2n) is 7.81. The van der Waals surface area contributed by atoms with E-state index in [0.29, 0.717) is 34.9 Å². The molecule has 3 aromatic rings. The third-order valence-corrected chi connectivity index (χ3v) is 6.35. The van der Waals surface area contributed by atoms with Crippen molar-refractivity contribution in [3.63, 3.8) is 0 Å². The number of hydrogen-bond donors (Lipinski definition) is 2. The minimum absolute atomic E-state index is 0.0238. The van der Waals surface area contributed by atoms with Gasteiger partial charge in [0.05, 0.1) is 12.3 Å². The monoisotopic (exact) mass is 474 g/mol. The summed E-state index contributed by atoms with van der Waals surface area (Å²) >= 11 is 1.58. The highest BCUT2D eigenvalue weighted by Crippen LogP contribution is 2.37. The van der Waals surface area contributed by atoms with E-state index in [1.54, 1.807) is 54.2 Å². The van der Waals surface area contributed by atoms with Gasteiger partial charge in [0, 0.05) is 16.2 Å². The minimum atomic E-state index is -0.476. The normalized spacial score (nSPS) is 14.5. The molecule has 0 spiro atoms. The van der Waals surface area contributed by atoms with Crippen molar-refractivity contribution in [1.82, 2.24) is 5.43 Å². The predicted molar refractivity (Wildman–Crippen MR) is 135 cm³/mol. The number of para-hydroxylation sites is 1. The molecule has 0 radical (unpaired) electrons. The molecule has 1 fully saturated rings. The lowest BCUT2D eigenvalue weighted by atomic mass is 10.1. The van der Waals surface area contributed by atoms with E-state index >= 15 is 0 Å². The molecular formula is C27H26N2O4S. The number of anilines is 1. The van der Waals surface area contributed by atoms with Crippen LogP contribution in [0.2, 0.25) is 0 Å². The summed E-state index contributed by atoms with van der Waals surface area (Å²) < 4.78 is 5.83. The van der Waals surface area contributed by atoms with Crippen LogP contribution < -0.4 is 15.2 Å². The van der Waals surface area contributed by atoms with E-state index in [0.717, 1.165) is 17.7 Å². The smallest absolute Gasteiger partial charge is 0.282 e. The van der Waals surface area contributed by atoms with Crippen molar-refractivity contribution < 1.29 is 19.4 Å². The fourth-order valence-corrected chi connectivity index (χ4v) is 4.37. The van der Waals surface area contributed by atoms with Crippen molar-refractivity contribution in [2.24, 2.45) is 0 Å². The fraction of sp³-hybridized carbons (Fsp3) is 0.185. The Bertz CT molecular complexity index is 1200. The minimum Gasteiger partial charge on any atom is -0.504 e. The van der Waals surface area contributed by atoms with Crippen molar-refractivity contribution in [3.05, 3.63) is 89.5 Å². The van der Waals surface area contributed by atoms with Gasteiger partial charge in [-0.1, -0.05) is 49.7 Å². The molecule has 1 heterocycles. The number of benzene rings is 3. The highest BCUT2D eigenvalue weighted by atomic mass is 32.2. The zero-order valence-electron chi connectivity index (χ0n) is 18.9. The number of phenolic OH excluding ortho intramolecular Hbond substituents is 1. The van der Waals surface area contributed by atoms with Crippen LogP contribution in [-0.4, -0.2) is 23.5 Å². The number of nitrogens with one attached hydrogen (secondary N) is 1. The van der Waals surface area contributed by atoms with Crippen LogP contribution in [0.15, 0.2) is 83.3 Å². The highest BCUT2D eigenvalue weighted by molar-refractivity contribution is 7.98. The van der Waals surface area contributed by atoms with Gasteiger partial charge in [0.25, 0.3) is 11.8 Å². The quantitative estimate of drug-likeness (QED) is 0.190. The number of unbranched alkanes of at least 4 members (excludes halogenated alkanes) is 1. The molecular weight excluding hydrogens is 448 g/mol. The number of carbonyl (C=O) groups excluding carboxylic acids is 2. The second kappa shape index (κ2) is 10.9. The Hall–Kier alpha value is -3.71. The molecule has 0 unspecified atom stereocenters. The van der Waals surface area contributed by atoms with Gasteiger partial charge in [-0.2, -0.15) is 0 Å². The summed E-state index contributed by atoms with van der Waals surface area (Å²) in [7, 11) is 0. The molecule has 2 amide bonds. The second-order valence-corrected chi connectivity index (χ2v) is 8.85. The van der Waals surface area contributed by atoms with E-state index in [1.165, 1.54) is 5.01 Å². The summed E-state index contributed by atoms with van der Waals surface area (Å²) in [6.45, 7) is 2.53. The number of ether oxygens (including phenoxy) is 1. The lowest BCUT2D eigenvalue weighted by Crippen LogP contribution is -2.35. The number of thioether (sulfide) groups is 1. The summed E-state index contributed by atoms with van der Waals surface area (Å²) in [5.41, 5.74) is 4.50. The Morgan fingerprint density at radius 3 is 2.44 bits per heavy atom. The molecule has 0 bridgehead atoms. The molecule has 34 heavy (non-hydrogen) atoms. The maximum absolute atomic E-state index is 13.0. The Kier molecular flexibility index (Phi) is 7.54. The molecule has 0 aliphatic carbocycles. The van der Waals surface area contributed by atoms with Gasteiger partial charge in [-0.25, -0.2) is 5.01 Å². The van der Waals surface area contributed by atoms with Crippen LogP contribution in [-0.2, 0) is 15.3 Å². The molecule has 0 aromatic heterocycles. The van der Waals surface area contributed by atoms with Crippen molar-refractivity contribution in [2.75, 3.05) is 11.6 Å². The van der Waals surface area contributed by atoms with Gasteiger partial charge in [-0.05, 0) is 54.5 Å². The van der Waals surface area contributed by atoms with Gasteiger partial charge in [-0.15, -0.1) is 11.8 Å². The number of carbonyl (C=O) groups is 2. The van der Waals surface area contributed by atoms with Crippen LogP contribution in [0.5, 0.6) is 11.5 Å². The number of amides is 2. The first kappa shape index (κ1) is 23.4. The molecule has 7 heteroatoms. The van der Waals surface area contributed by atoms with E-state index in [-0.39, 0.29) is 11.3 Å². The fourth-order valence-electron chi connectivity index (χ4n) is 3.48. The summed E-state index contributed by atoms with van der Waals surface area (Å²) in [5.74, 6) is 0.0216. The van der Waals surface area contributed by atoms with Crippen molar-refractivity contribution >= 4 is 35.3 Å². The Morgan fingerprint density at radius 2 is 1.74 bits per heavy atom. The summed E-state index contributed by atoms with van der Waals surface area (Å²) in [5, 5.41) is 12.1. The van der Waals surface area contributed by atoms with Crippen LogP contribution >= 0.6 is 11.8 Å². The number of aromatic hydroxyl groups is 1. The maximum Gasteiger partial charge on any atom is 0.282 e. The van der Waals surface area contributed by atoms with E-state index in [9.17, 15) is 14.7 Å². The Balaban J connectivity index is 1.64. The number of nitrogens with zero attached hydrogens (tertiary/aromatic N) is 1. The standard InChI is InChI=1S/C27H26N2O4S/c1-2-3-14-33-24-17-19(15-20(25(24)30)18-34-22-12-8-5-9-13-22)16-23-26(31)28-29(27(23)32)21-10-6-4-7-11-21/h4-13,15-17,30H,2-3,14,18H2,1H3,(H,28,31)/b23-16-. The Morgan fingerprint density at radius 1 is 1.03 bits per heavy atom. The molecule has 3 aromatic carbocycles. The maximum atomic E-state index is 13.0. The van der Waals surface area contributed by atoms with E-state index < -0.39 is 11.8 Å². The lowest BCUT2D eigenvalue weighted by Gasteiger charge is -2.14. The molecule has 4 rings (SSSR count). The zero-order valence-corrected chi connectivity index (χ0v) is 19.7. The van der Waals surface area contributed by atoms with Gasteiger partial charge < -0.3 is 9.84 Å². The average molecular weight is 475 g/mol. The number of phenols is 1. The largest absolute Gasteiger partial charge is 0.504 e. The van der Waals surface area contributed by atoms with Gasteiger partial charge in [0.15, 0.2) is 11.5 Å². The lowest BCUT2D eigenvalue weighted by molar-refractivity contribution is -0.117. The molecule has 1 aliphatic rings. The SMILES string of the molecule is CCCCOc1cc(/C=C2/C(=O)NN(c3ccccc3)C2=O)cc(CSc2ccccc2)c1O. The average Bonchev–Trinajstić information content (AvgIpc) is 3.14. The van der Waals surface area contributed by atoms with E-state index in [2.05, 4.69) is 12.3 Å². The molecule has 0 saturated carbocycles. The van der Waals surface area contributed by atoms with Crippen LogP contribution in [0.1, 0.15) is 30.9 Å². The molecule has 1 aliphatic heterocycles. The third-order valence-electron chi connectivity index (χ3n) is 5.29. The number of hydrogen-bond acceptors (Lipinski definition) is 5. The van der Waals surface area contributed by atoms with E-state index in [1.807, 2.05) is 36.4 Å². The van der Waals surface area contributed by atoms with Crippen molar-refractivity contribution in [3.8, 4) is 11.5 Å². The first-order valence-corrected chi connectivity index (χ1v) is 12.1. The number of rotatable bonds is 9. The zero-order chi connectivity index (χ0) is 23.9. The van der Waals surface area contributed by atoms with E-state index in [4.69, 9.17) is 4.74 Å². The van der Waals surface area contributed by atoms with Gasteiger partial charge in [0.1, 0.15) is 5.57 Å². The predicted octanol–water partition coefficient (Wildman–Crippen LogP) is 5.32. The highest BCUT2D eigenvalue weighted by Gasteiger charge is 2.34. The first-order valence-electron chi connectivity index (χ1n) is 11.2.